The maximum absolute atomic E-state index is 13.3. The van der Waals surface area contributed by atoms with Crippen molar-refractivity contribution in [3.63, 3.8) is 0 Å². The first-order chi connectivity index (χ1) is 9.49. The van der Waals surface area contributed by atoms with E-state index in [2.05, 4.69) is 5.32 Å². The third kappa shape index (κ3) is 3.14. The van der Waals surface area contributed by atoms with Gasteiger partial charge in [0.2, 0.25) is 0 Å². The number of rotatable bonds is 4. The molecule has 0 saturated carbocycles. The fraction of sp³-hybridized carbons (Fsp3) is 0.200. The van der Waals surface area contributed by atoms with Crippen LogP contribution in [0.25, 0.3) is 0 Å². The Balaban J connectivity index is 2.18. The molecule has 5 heteroatoms. The van der Waals surface area contributed by atoms with Crippen LogP contribution in [0.3, 0.4) is 0 Å². The van der Waals surface area contributed by atoms with Crippen LogP contribution in [0.4, 0.5) is 15.8 Å². The molecule has 0 aliphatic rings. The highest BCUT2D eigenvalue weighted by molar-refractivity contribution is 6.34. The summed E-state index contributed by atoms with van der Waals surface area (Å²) in [5, 5.41) is 13.0. The van der Waals surface area contributed by atoms with Gasteiger partial charge < -0.3 is 15.3 Å². The topological polar surface area (TPSA) is 35.5 Å². The molecule has 106 valence electrons. The van der Waals surface area contributed by atoms with E-state index in [9.17, 15) is 4.39 Å². The summed E-state index contributed by atoms with van der Waals surface area (Å²) in [6, 6.07) is 9.92. The van der Waals surface area contributed by atoms with Gasteiger partial charge in [-0.15, -0.1) is 0 Å². The van der Waals surface area contributed by atoms with E-state index in [4.69, 9.17) is 16.7 Å². The molecule has 0 spiro atoms. The second-order valence-electron chi connectivity index (χ2n) is 4.67. The van der Waals surface area contributed by atoms with Crippen LogP contribution in [0.15, 0.2) is 36.4 Å². The first-order valence-electron chi connectivity index (χ1n) is 6.16. The molecule has 0 unspecified atom stereocenters. The zero-order chi connectivity index (χ0) is 14.7. The molecule has 2 aromatic carbocycles. The van der Waals surface area contributed by atoms with Crippen LogP contribution in [0, 0.1) is 5.82 Å². The minimum absolute atomic E-state index is 0.342. The van der Waals surface area contributed by atoms with E-state index in [0.717, 1.165) is 16.9 Å². The van der Waals surface area contributed by atoms with Crippen molar-refractivity contribution in [2.45, 2.75) is 6.54 Å². The Hall–Kier alpha value is -1.94. The van der Waals surface area contributed by atoms with Crippen molar-refractivity contribution in [2.75, 3.05) is 24.3 Å². The quantitative estimate of drug-likeness (QED) is 0.899. The van der Waals surface area contributed by atoms with E-state index in [1.54, 1.807) is 6.07 Å². The lowest BCUT2D eigenvalue weighted by Crippen LogP contribution is -2.12. The van der Waals surface area contributed by atoms with Crippen LogP contribution < -0.4 is 10.2 Å². The Bertz CT molecular complexity index is 617. The lowest BCUT2D eigenvalue weighted by Gasteiger charge is -2.20. The molecule has 0 radical (unpaired) electrons. The van der Waals surface area contributed by atoms with Crippen LogP contribution in [0.5, 0.6) is 5.75 Å². The minimum Gasteiger partial charge on any atom is -0.505 e. The highest BCUT2D eigenvalue weighted by Gasteiger charge is 2.09. The number of phenols is 1. The maximum atomic E-state index is 13.3. The monoisotopic (exact) mass is 294 g/mol. The van der Waals surface area contributed by atoms with Crippen molar-refractivity contribution in [3.8, 4) is 5.75 Å². The summed E-state index contributed by atoms with van der Waals surface area (Å²) in [7, 11) is 3.82. The van der Waals surface area contributed by atoms with Gasteiger partial charge in [0, 0.05) is 20.6 Å². The number of phenolic OH excluding ortho intramolecular Hbond substituents is 1. The highest BCUT2D eigenvalue weighted by Crippen LogP contribution is 2.32. The molecule has 0 heterocycles. The summed E-state index contributed by atoms with van der Waals surface area (Å²) in [5.41, 5.74) is 2.49. The van der Waals surface area contributed by atoms with Gasteiger partial charge in [0.1, 0.15) is 0 Å². The molecule has 20 heavy (non-hydrogen) atoms. The number of benzene rings is 2. The summed E-state index contributed by atoms with van der Waals surface area (Å²) in [6.07, 6.45) is 0. The molecule has 2 aromatic rings. The lowest BCUT2D eigenvalue weighted by molar-refractivity contribution is 0.432. The third-order valence-electron chi connectivity index (χ3n) is 2.93. The van der Waals surface area contributed by atoms with E-state index in [1.165, 1.54) is 12.1 Å². The Kier molecular flexibility index (Phi) is 4.35. The number of aromatic hydroxyl groups is 1. The van der Waals surface area contributed by atoms with Crippen LogP contribution in [-0.4, -0.2) is 19.2 Å². The lowest BCUT2D eigenvalue weighted by atomic mass is 10.2. The molecule has 0 aromatic heterocycles. The number of nitrogens with one attached hydrogen (secondary N) is 1. The van der Waals surface area contributed by atoms with Gasteiger partial charge >= 0.3 is 0 Å². The van der Waals surface area contributed by atoms with Gasteiger partial charge in [0.15, 0.2) is 11.6 Å². The first kappa shape index (κ1) is 14.5. The second-order valence-corrected chi connectivity index (χ2v) is 5.08. The summed E-state index contributed by atoms with van der Waals surface area (Å²) < 4.78 is 13.3. The number of anilines is 2. The summed E-state index contributed by atoms with van der Waals surface area (Å²) in [6.45, 7) is 0.443. The minimum atomic E-state index is -0.622. The molecule has 2 rings (SSSR count). The number of hydrogen-bond acceptors (Lipinski definition) is 3. The molecule has 0 bridgehead atoms. The zero-order valence-corrected chi connectivity index (χ0v) is 12.1. The fourth-order valence-corrected chi connectivity index (χ4v) is 2.31. The van der Waals surface area contributed by atoms with Gasteiger partial charge in [0.25, 0.3) is 0 Å². The third-order valence-corrected chi connectivity index (χ3v) is 3.23. The van der Waals surface area contributed by atoms with Crippen molar-refractivity contribution in [1.82, 2.24) is 0 Å². The van der Waals surface area contributed by atoms with Gasteiger partial charge in [-0.2, -0.15) is 0 Å². The molecule has 0 aliphatic carbocycles. The fourth-order valence-electron chi connectivity index (χ4n) is 1.97. The Morgan fingerprint density at radius 1 is 1.25 bits per heavy atom. The molecule has 2 N–H and O–H groups in total. The predicted molar refractivity (Wildman–Crippen MR) is 81.2 cm³/mol. The Morgan fingerprint density at radius 2 is 2.00 bits per heavy atom. The largest absolute Gasteiger partial charge is 0.505 e. The van der Waals surface area contributed by atoms with Gasteiger partial charge in [-0.05, 0) is 29.8 Å². The summed E-state index contributed by atoms with van der Waals surface area (Å²) >= 11 is 6.18. The number of para-hydroxylation sites is 1. The number of hydrogen-bond donors (Lipinski definition) is 2. The van der Waals surface area contributed by atoms with E-state index in [1.807, 2.05) is 37.2 Å². The van der Waals surface area contributed by atoms with Gasteiger partial charge in [-0.3, -0.25) is 0 Å². The van der Waals surface area contributed by atoms with Crippen molar-refractivity contribution in [1.29, 1.82) is 0 Å². The molecular weight excluding hydrogens is 279 g/mol. The molecule has 0 amide bonds. The Labute approximate surface area is 122 Å². The van der Waals surface area contributed by atoms with E-state index < -0.39 is 5.82 Å². The SMILES string of the molecule is CN(C)c1c(Cl)cccc1NCc1ccc(O)c(F)c1. The van der Waals surface area contributed by atoms with Crippen LogP contribution in [0.2, 0.25) is 5.02 Å². The van der Waals surface area contributed by atoms with Crippen molar-refractivity contribution >= 4 is 23.0 Å². The normalized spacial score (nSPS) is 10.4. The van der Waals surface area contributed by atoms with Gasteiger partial charge in [0.05, 0.1) is 16.4 Å². The summed E-state index contributed by atoms with van der Waals surface area (Å²) in [5.74, 6) is -0.964. The molecule has 0 aliphatic heterocycles. The van der Waals surface area contributed by atoms with Crippen LogP contribution >= 0.6 is 11.6 Å². The van der Waals surface area contributed by atoms with Crippen LogP contribution in [-0.2, 0) is 6.54 Å². The highest BCUT2D eigenvalue weighted by atomic mass is 35.5. The standard InChI is InChI=1S/C15H16ClFN2O/c1-19(2)15-11(16)4-3-5-13(15)18-9-10-6-7-14(20)12(17)8-10/h3-8,18,20H,9H2,1-2H3. The molecule has 0 saturated heterocycles. The molecule has 3 nitrogen and oxygen atoms in total. The zero-order valence-electron chi connectivity index (χ0n) is 11.3. The van der Waals surface area contributed by atoms with E-state index in [0.29, 0.717) is 11.6 Å². The average molecular weight is 295 g/mol. The molecule has 0 fully saturated rings. The van der Waals surface area contributed by atoms with Crippen molar-refractivity contribution < 1.29 is 9.50 Å². The van der Waals surface area contributed by atoms with E-state index >= 15 is 0 Å². The maximum Gasteiger partial charge on any atom is 0.165 e. The number of nitrogens with zero attached hydrogens (tertiary/aromatic N) is 1. The number of halogens is 2. The van der Waals surface area contributed by atoms with Crippen molar-refractivity contribution in [2.24, 2.45) is 0 Å². The van der Waals surface area contributed by atoms with Crippen molar-refractivity contribution in [3.05, 3.63) is 52.8 Å². The van der Waals surface area contributed by atoms with Gasteiger partial charge in [-0.1, -0.05) is 23.7 Å². The first-order valence-corrected chi connectivity index (χ1v) is 6.54. The average Bonchev–Trinajstić information content (AvgIpc) is 2.39. The smallest absolute Gasteiger partial charge is 0.165 e. The molecular formula is C15H16ClFN2O. The Morgan fingerprint density at radius 3 is 2.65 bits per heavy atom. The second kappa shape index (κ2) is 6.01. The predicted octanol–water partition coefficient (Wildman–Crippen LogP) is 3.86. The van der Waals surface area contributed by atoms with E-state index in [-0.39, 0.29) is 5.75 Å². The van der Waals surface area contributed by atoms with Gasteiger partial charge in [-0.25, -0.2) is 4.39 Å². The van der Waals surface area contributed by atoms with Crippen LogP contribution in [0.1, 0.15) is 5.56 Å². The summed E-state index contributed by atoms with van der Waals surface area (Å²) in [4.78, 5) is 1.92. The molecule has 0 atom stereocenters.